The first-order valence-corrected chi connectivity index (χ1v) is 6.71. The largest absolute Gasteiger partial charge is 0.445 e. The van der Waals surface area contributed by atoms with Crippen LogP contribution < -0.4 is 5.32 Å². The van der Waals surface area contributed by atoms with Gasteiger partial charge < -0.3 is 10.1 Å². The van der Waals surface area contributed by atoms with Gasteiger partial charge in [-0.25, -0.2) is 4.79 Å². The molecule has 1 aliphatic carbocycles. The zero-order valence-corrected chi connectivity index (χ0v) is 10.9. The van der Waals surface area contributed by atoms with Gasteiger partial charge in [0.15, 0.2) is 0 Å². The van der Waals surface area contributed by atoms with E-state index < -0.39 is 0 Å². The van der Waals surface area contributed by atoms with E-state index >= 15 is 0 Å². The molecule has 1 unspecified atom stereocenters. The van der Waals surface area contributed by atoms with Crippen molar-refractivity contribution < 1.29 is 9.53 Å². The van der Waals surface area contributed by atoms with Crippen LogP contribution in [0.2, 0.25) is 0 Å². The van der Waals surface area contributed by atoms with E-state index in [1.54, 1.807) is 0 Å². The van der Waals surface area contributed by atoms with E-state index in [-0.39, 0.29) is 12.1 Å². The summed E-state index contributed by atoms with van der Waals surface area (Å²) in [5.74, 6) is 0.707. The van der Waals surface area contributed by atoms with Gasteiger partial charge in [0.05, 0.1) is 0 Å². The Morgan fingerprint density at radius 2 is 2.11 bits per heavy atom. The third-order valence-electron chi connectivity index (χ3n) is 3.47. The van der Waals surface area contributed by atoms with Crippen LogP contribution in [-0.4, -0.2) is 12.1 Å². The van der Waals surface area contributed by atoms with Crippen LogP contribution in [0.3, 0.4) is 0 Å². The van der Waals surface area contributed by atoms with E-state index in [2.05, 4.69) is 12.2 Å². The Labute approximate surface area is 109 Å². The van der Waals surface area contributed by atoms with Crippen LogP contribution in [-0.2, 0) is 11.3 Å². The molecule has 2 rings (SSSR count). The van der Waals surface area contributed by atoms with Gasteiger partial charge in [-0.15, -0.1) is 0 Å². The van der Waals surface area contributed by atoms with Crippen LogP contribution in [0.1, 0.15) is 38.2 Å². The van der Waals surface area contributed by atoms with E-state index in [9.17, 15) is 4.79 Å². The lowest BCUT2D eigenvalue weighted by molar-refractivity contribution is 0.131. The third-order valence-corrected chi connectivity index (χ3v) is 3.47. The first-order valence-electron chi connectivity index (χ1n) is 6.71. The van der Waals surface area contributed by atoms with Crippen LogP contribution in [0.4, 0.5) is 4.79 Å². The van der Waals surface area contributed by atoms with Gasteiger partial charge >= 0.3 is 6.09 Å². The summed E-state index contributed by atoms with van der Waals surface area (Å²) in [5, 5.41) is 2.96. The van der Waals surface area contributed by atoms with Gasteiger partial charge in [-0.2, -0.15) is 0 Å². The predicted octanol–water partition coefficient (Wildman–Crippen LogP) is 3.49. The fourth-order valence-electron chi connectivity index (χ4n) is 2.50. The van der Waals surface area contributed by atoms with Gasteiger partial charge in [0.1, 0.15) is 6.61 Å². The van der Waals surface area contributed by atoms with E-state index in [1.807, 2.05) is 30.3 Å². The zero-order chi connectivity index (χ0) is 12.8. The molecule has 3 nitrogen and oxygen atoms in total. The van der Waals surface area contributed by atoms with Crippen LogP contribution in [0.15, 0.2) is 30.3 Å². The second kappa shape index (κ2) is 6.43. The van der Waals surface area contributed by atoms with Crippen molar-refractivity contribution in [2.24, 2.45) is 5.92 Å². The third kappa shape index (κ3) is 4.06. The first kappa shape index (κ1) is 12.9. The highest BCUT2D eigenvalue weighted by atomic mass is 16.5. The minimum absolute atomic E-state index is 0.289. The highest BCUT2D eigenvalue weighted by Gasteiger charge is 2.20. The molecule has 1 aromatic rings. The SMILES string of the molecule is CC1CCC[C@@H](NC(=O)OCc2ccccc2)C1. The Balaban J connectivity index is 1.72. The van der Waals surface area contributed by atoms with Crippen molar-refractivity contribution >= 4 is 6.09 Å². The van der Waals surface area contributed by atoms with Crippen molar-refractivity contribution in [1.82, 2.24) is 5.32 Å². The lowest BCUT2D eigenvalue weighted by Gasteiger charge is -2.27. The molecule has 1 saturated carbocycles. The number of carbonyl (C=O) groups excluding carboxylic acids is 1. The van der Waals surface area contributed by atoms with Gasteiger partial charge in [-0.05, 0) is 24.3 Å². The molecule has 2 atom stereocenters. The summed E-state index contributed by atoms with van der Waals surface area (Å²) in [5.41, 5.74) is 1.02. The molecule has 3 heteroatoms. The number of ether oxygens (including phenoxy) is 1. The number of nitrogens with one attached hydrogen (secondary N) is 1. The number of rotatable bonds is 3. The average molecular weight is 247 g/mol. The molecule has 0 bridgehead atoms. The highest BCUT2D eigenvalue weighted by Crippen LogP contribution is 2.23. The lowest BCUT2D eigenvalue weighted by Crippen LogP contribution is -2.38. The maximum atomic E-state index is 11.7. The molecule has 0 aliphatic heterocycles. The fraction of sp³-hybridized carbons (Fsp3) is 0.533. The first-order chi connectivity index (χ1) is 8.74. The van der Waals surface area contributed by atoms with Crippen LogP contribution >= 0.6 is 0 Å². The van der Waals surface area contributed by atoms with E-state index in [0.29, 0.717) is 12.5 Å². The number of hydrogen-bond acceptors (Lipinski definition) is 2. The molecule has 1 amide bonds. The minimum atomic E-state index is -0.294. The number of hydrogen-bond donors (Lipinski definition) is 1. The average Bonchev–Trinajstić information content (AvgIpc) is 2.38. The molecule has 1 aliphatic rings. The smallest absolute Gasteiger partial charge is 0.407 e. The van der Waals surface area contributed by atoms with Crippen LogP contribution in [0, 0.1) is 5.92 Å². The summed E-state index contributed by atoms with van der Waals surface area (Å²) in [6.07, 6.45) is 4.32. The van der Waals surface area contributed by atoms with E-state index in [0.717, 1.165) is 18.4 Å². The number of benzene rings is 1. The molecule has 0 spiro atoms. The lowest BCUT2D eigenvalue weighted by atomic mass is 9.87. The van der Waals surface area contributed by atoms with Crippen molar-refractivity contribution in [2.45, 2.75) is 45.3 Å². The van der Waals surface area contributed by atoms with Crippen LogP contribution in [0.25, 0.3) is 0 Å². The maximum Gasteiger partial charge on any atom is 0.407 e. The normalized spacial score (nSPS) is 23.4. The monoisotopic (exact) mass is 247 g/mol. The Morgan fingerprint density at radius 1 is 1.33 bits per heavy atom. The Hall–Kier alpha value is -1.51. The fourth-order valence-corrected chi connectivity index (χ4v) is 2.50. The van der Waals surface area contributed by atoms with Gasteiger partial charge in [-0.3, -0.25) is 0 Å². The van der Waals surface area contributed by atoms with Crippen molar-refractivity contribution in [1.29, 1.82) is 0 Å². The molecular weight excluding hydrogens is 226 g/mol. The molecule has 0 aromatic heterocycles. The van der Waals surface area contributed by atoms with Crippen molar-refractivity contribution in [3.8, 4) is 0 Å². The molecule has 0 radical (unpaired) electrons. The Kier molecular flexibility index (Phi) is 4.62. The molecule has 98 valence electrons. The number of amides is 1. The predicted molar refractivity (Wildman–Crippen MR) is 71.2 cm³/mol. The molecule has 18 heavy (non-hydrogen) atoms. The summed E-state index contributed by atoms with van der Waals surface area (Å²) in [7, 11) is 0. The summed E-state index contributed by atoms with van der Waals surface area (Å²) < 4.78 is 5.22. The topological polar surface area (TPSA) is 38.3 Å². The quantitative estimate of drug-likeness (QED) is 0.888. The molecule has 1 aromatic carbocycles. The summed E-state index contributed by atoms with van der Waals surface area (Å²) in [4.78, 5) is 11.7. The molecular formula is C15H21NO2. The van der Waals surface area contributed by atoms with Gasteiger partial charge in [-0.1, -0.05) is 50.1 Å². The maximum absolute atomic E-state index is 11.7. The summed E-state index contributed by atoms with van der Waals surface area (Å²) in [6, 6.07) is 10.0. The Bertz CT molecular complexity index is 377. The summed E-state index contributed by atoms with van der Waals surface area (Å²) in [6.45, 7) is 2.58. The minimum Gasteiger partial charge on any atom is -0.445 e. The Morgan fingerprint density at radius 3 is 2.83 bits per heavy atom. The van der Waals surface area contributed by atoms with E-state index in [4.69, 9.17) is 4.74 Å². The number of alkyl carbamates (subject to hydrolysis) is 1. The van der Waals surface area contributed by atoms with Crippen molar-refractivity contribution in [3.05, 3.63) is 35.9 Å². The molecule has 0 saturated heterocycles. The van der Waals surface area contributed by atoms with Crippen molar-refractivity contribution in [3.63, 3.8) is 0 Å². The molecule has 0 heterocycles. The second-order valence-corrected chi connectivity index (χ2v) is 5.17. The van der Waals surface area contributed by atoms with Gasteiger partial charge in [0, 0.05) is 6.04 Å². The van der Waals surface area contributed by atoms with E-state index in [1.165, 1.54) is 12.8 Å². The van der Waals surface area contributed by atoms with Crippen molar-refractivity contribution in [2.75, 3.05) is 0 Å². The molecule has 1 N–H and O–H groups in total. The summed E-state index contributed by atoms with van der Waals surface area (Å²) >= 11 is 0. The highest BCUT2D eigenvalue weighted by molar-refractivity contribution is 5.67. The number of carbonyl (C=O) groups is 1. The second-order valence-electron chi connectivity index (χ2n) is 5.17. The standard InChI is InChI=1S/C15H21NO2/c1-12-6-5-9-14(10-12)16-15(17)18-11-13-7-3-2-4-8-13/h2-4,7-8,12,14H,5-6,9-11H2,1H3,(H,16,17)/t12?,14-/m1/s1. The van der Waals surface area contributed by atoms with Gasteiger partial charge in [0.2, 0.25) is 0 Å². The van der Waals surface area contributed by atoms with Crippen LogP contribution in [0.5, 0.6) is 0 Å². The molecule has 1 fully saturated rings. The van der Waals surface area contributed by atoms with Gasteiger partial charge in [0.25, 0.3) is 0 Å². The zero-order valence-electron chi connectivity index (χ0n) is 10.9.